The van der Waals surface area contributed by atoms with Crippen LogP contribution in [0.1, 0.15) is 39.6 Å². The molecule has 246 valence electrons. The van der Waals surface area contributed by atoms with E-state index in [4.69, 9.17) is 23.7 Å². The lowest BCUT2D eigenvalue weighted by Gasteiger charge is -2.41. The predicted molar refractivity (Wildman–Crippen MR) is 169 cm³/mol. The van der Waals surface area contributed by atoms with Gasteiger partial charge in [0.15, 0.2) is 11.8 Å². The van der Waals surface area contributed by atoms with E-state index in [1.54, 1.807) is 19.1 Å². The third kappa shape index (κ3) is 5.88. The minimum absolute atomic E-state index is 0.0834. The number of benzene rings is 3. The number of fused-ring (bicyclic) bond motifs is 2. The number of non-ortho nitro benzene ring substituents is 1. The van der Waals surface area contributed by atoms with Gasteiger partial charge in [0.25, 0.3) is 11.2 Å². The first-order valence-corrected chi connectivity index (χ1v) is 15.1. The van der Waals surface area contributed by atoms with Crippen molar-refractivity contribution in [1.82, 2.24) is 9.55 Å². The van der Waals surface area contributed by atoms with Crippen molar-refractivity contribution in [2.45, 2.75) is 50.9 Å². The molecule has 0 saturated carbocycles. The summed E-state index contributed by atoms with van der Waals surface area (Å²) in [7, 11) is 1.51. The number of nitro groups is 1. The summed E-state index contributed by atoms with van der Waals surface area (Å²) in [5.41, 5.74) is 1.35. The molecule has 4 aromatic rings. The highest BCUT2D eigenvalue weighted by Gasteiger charge is 2.50. The van der Waals surface area contributed by atoms with E-state index in [0.717, 1.165) is 11.1 Å². The highest BCUT2D eigenvalue weighted by atomic mass is 16.6. The van der Waals surface area contributed by atoms with Crippen LogP contribution in [0.25, 0.3) is 0 Å². The molecule has 13 heteroatoms. The smallest absolute Gasteiger partial charge is 0.330 e. The topological polar surface area (TPSA) is 164 Å². The van der Waals surface area contributed by atoms with Gasteiger partial charge in [-0.2, -0.15) is 0 Å². The Balaban J connectivity index is 1.45. The molecule has 47 heavy (non-hydrogen) atoms. The van der Waals surface area contributed by atoms with Gasteiger partial charge >= 0.3 is 5.69 Å². The summed E-state index contributed by atoms with van der Waals surface area (Å²) in [5, 5.41) is 23.2. The SMILES string of the molecule is COCCO[C@@H]1[C@H](O)[C@@H](COC2(c3ccc([N+](=O)[O-])cc3)c3cc(C)ccc3Oc3ccc(C)cc32)O[C@H]1n1cc(C)c(=O)[nH]c1=O. The van der Waals surface area contributed by atoms with E-state index in [0.29, 0.717) is 28.2 Å². The third-order valence-corrected chi connectivity index (χ3v) is 8.53. The van der Waals surface area contributed by atoms with E-state index in [-0.39, 0.29) is 31.1 Å². The summed E-state index contributed by atoms with van der Waals surface area (Å²) in [6, 6.07) is 17.5. The lowest BCUT2D eigenvalue weighted by Crippen LogP contribution is -2.42. The molecule has 0 spiro atoms. The largest absolute Gasteiger partial charge is 0.457 e. The molecule has 0 radical (unpaired) electrons. The molecular weight excluding hydrogens is 610 g/mol. The van der Waals surface area contributed by atoms with Crippen molar-refractivity contribution < 1.29 is 33.7 Å². The van der Waals surface area contributed by atoms with Gasteiger partial charge in [-0.05, 0) is 62.7 Å². The Morgan fingerprint density at radius 3 is 2.21 bits per heavy atom. The number of nitrogens with one attached hydrogen (secondary N) is 1. The zero-order chi connectivity index (χ0) is 33.5. The summed E-state index contributed by atoms with van der Waals surface area (Å²) >= 11 is 0. The van der Waals surface area contributed by atoms with Gasteiger partial charge in [-0.15, -0.1) is 0 Å². The lowest BCUT2D eigenvalue weighted by atomic mass is 9.76. The number of hydrogen-bond donors (Lipinski definition) is 2. The Labute approximate surface area is 269 Å². The fraction of sp³-hybridized carbons (Fsp3) is 0.353. The summed E-state index contributed by atoms with van der Waals surface area (Å²) in [4.78, 5) is 38.4. The van der Waals surface area contributed by atoms with E-state index in [1.807, 2.05) is 50.2 Å². The standard InChI is InChI=1S/C34H35N3O10/c1-19-5-11-26-24(15-19)34(22-7-9-23(10-8-22)37(41)42,25-16-20(2)6-12-27(25)46-26)45-18-28-29(38)30(44-14-13-43-4)32(47-28)36-17-21(3)31(39)35-33(36)40/h5-12,15-17,28-30,32,38H,13-14,18H2,1-4H3,(H,35,39,40)/t28-,29-,30-,32-/m1/s1. The number of hydrogen-bond acceptors (Lipinski definition) is 10. The molecule has 4 atom stereocenters. The highest BCUT2D eigenvalue weighted by Crippen LogP contribution is 2.53. The molecule has 1 fully saturated rings. The molecule has 3 aromatic carbocycles. The number of aromatic amines is 1. The molecule has 2 aliphatic heterocycles. The number of rotatable bonds is 10. The Bertz CT molecular complexity index is 1870. The summed E-state index contributed by atoms with van der Waals surface area (Å²) < 4.78 is 31.9. The lowest BCUT2D eigenvalue weighted by molar-refractivity contribution is -0.384. The number of aliphatic hydroxyl groups excluding tert-OH is 1. The van der Waals surface area contributed by atoms with Crippen LogP contribution in [0.5, 0.6) is 11.5 Å². The zero-order valence-electron chi connectivity index (χ0n) is 26.3. The predicted octanol–water partition coefficient (Wildman–Crippen LogP) is 3.77. The van der Waals surface area contributed by atoms with Gasteiger partial charge < -0.3 is 28.8 Å². The van der Waals surface area contributed by atoms with E-state index >= 15 is 0 Å². The average Bonchev–Trinajstić information content (AvgIpc) is 3.36. The zero-order valence-corrected chi connectivity index (χ0v) is 26.3. The number of H-pyrrole nitrogens is 1. The maximum Gasteiger partial charge on any atom is 0.330 e. The second-order valence-electron chi connectivity index (χ2n) is 11.8. The maximum atomic E-state index is 12.9. The summed E-state index contributed by atoms with van der Waals surface area (Å²) in [6.07, 6.45) is -3.03. The van der Waals surface area contributed by atoms with E-state index < -0.39 is 46.3 Å². The van der Waals surface area contributed by atoms with Gasteiger partial charge in [-0.1, -0.05) is 23.3 Å². The van der Waals surface area contributed by atoms with Gasteiger partial charge in [0.2, 0.25) is 0 Å². The fourth-order valence-corrected chi connectivity index (χ4v) is 6.16. The van der Waals surface area contributed by atoms with Crippen LogP contribution in [0.4, 0.5) is 5.69 Å². The first-order valence-electron chi connectivity index (χ1n) is 15.1. The number of aromatic nitrogens is 2. The van der Waals surface area contributed by atoms with Crippen LogP contribution in [0, 0.1) is 30.9 Å². The highest BCUT2D eigenvalue weighted by molar-refractivity contribution is 5.63. The van der Waals surface area contributed by atoms with Crippen LogP contribution in [0.2, 0.25) is 0 Å². The van der Waals surface area contributed by atoms with Gasteiger partial charge in [0.05, 0.1) is 24.7 Å². The fourth-order valence-electron chi connectivity index (χ4n) is 6.16. The number of nitro benzene ring substituents is 1. The molecule has 2 N–H and O–H groups in total. The molecule has 6 rings (SSSR count). The minimum Gasteiger partial charge on any atom is -0.457 e. The Hall–Kier alpha value is -4.66. The summed E-state index contributed by atoms with van der Waals surface area (Å²) in [6.45, 7) is 5.56. The number of ether oxygens (including phenoxy) is 5. The van der Waals surface area contributed by atoms with Crippen molar-refractivity contribution >= 4 is 5.69 Å². The number of aryl methyl sites for hydroxylation is 3. The van der Waals surface area contributed by atoms with E-state index in [9.17, 15) is 24.8 Å². The molecule has 13 nitrogen and oxygen atoms in total. The Morgan fingerprint density at radius 1 is 0.979 bits per heavy atom. The van der Waals surface area contributed by atoms with Gasteiger partial charge in [-0.25, -0.2) is 4.79 Å². The number of nitrogens with zero attached hydrogens (tertiary/aromatic N) is 2. The quantitative estimate of drug-likeness (QED) is 0.147. The molecule has 1 saturated heterocycles. The average molecular weight is 646 g/mol. The molecular formula is C34H35N3O10. The van der Waals surface area contributed by atoms with Crippen LogP contribution in [0.3, 0.4) is 0 Å². The van der Waals surface area contributed by atoms with Gasteiger partial charge in [-0.3, -0.25) is 24.5 Å². The van der Waals surface area contributed by atoms with Crippen LogP contribution in [-0.2, 0) is 24.5 Å². The monoisotopic (exact) mass is 645 g/mol. The van der Waals surface area contributed by atoms with E-state index in [2.05, 4.69) is 4.98 Å². The van der Waals surface area contributed by atoms with Crippen molar-refractivity contribution in [2.75, 3.05) is 26.9 Å². The van der Waals surface area contributed by atoms with Crippen LogP contribution >= 0.6 is 0 Å². The molecule has 0 unspecified atom stereocenters. The van der Waals surface area contributed by atoms with Crippen LogP contribution in [-0.4, -0.2) is 64.8 Å². The van der Waals surface area contributed by atoms with Crippen molar-refractivity contribution in [3.63, 3.8) is 0 Å². The van der Waals surface area contributed by atoms with Crippen molar-refractivity contribution in [3.8, 4) is 11.5 Å². The Morgan fingerprint density at radius 2 is 1.62 bits per heavy atom. The molecule has 1 aromatic heterocycles. The Kier molecular flexibility index (Phi) is 8.83. The number of aliphatic hydroxyl groups is 1. The van der Waals surface area contributed by atoms with Gasteiger partial charge in [0.1, 0.15) is 29.8 Å². The third-order valence-electron chi connectivity index (χ3n) is 8.53. The molecule has 3 heterocycles. The van der Waals surface area contributed by atoms with Crippen molar-refractivity contribution in [3.05, 3.63) is 131 Å². The number of methoxy groups -OCH3 is 1. The van der Waals surface area contributed by atoms with Gasteiger partial charge in [0, 0.05) is 42.1 Å². The minimum atomic E-state index is -1.35. The molecule has 0 bridgehead atoms. The molecule has 2 aliphatic rings. The van der Waals surface area contributed by atoms with E-state index in [1.165, 1.54) is 30.0 Å². The van der Waals surface area contributed by atoms with Crippen LogP contribution in [0.15, 0.2) is 76.4 Å². The van der Waals surface area contributed by atoms with Crippen molar-refractivity contribution in [2.24, 2.45) is 0 Å². The second kappa shape index (κ2) is 12.9. The van der Waals surface area contributed by atoms with Crippen LogP contribution < -0.4 is 16.0 Å². The molecule has 0 aliphatic carbocycles. The normalized spacial score (nSPS) is 21.1. The molecule has 0 amide bonds. The maximum absolute atomic E-state index is 12.9. The first kappa shape index (κ1) is 32.3. The second-order valence-corrected chi connectivity index (χ2v) is 11.8. The summed E-state index contributed by atoms with van der Waals surface area (Å²) in [5.74, 6) is 1.07. The van der Waals surface area contributed by atoms with Crippen molar-refractivity contribution in [1.29, 1.82) is 0 Å². The first-order chi connectivity index (χ1) is 22.5.